The van der Waals surface area contributed by atoms with E-state index in [1.54, 1.807) is 0 Å². The summed E-state index contributed by atoms with van der Waals surface area (Å²) in [5.41, 5.74) is 8.46. The van der Waals surface area contributed by atoms with Crippen LogP contribution in [0.5, 0.6) is 0 Å². The van der Waals surface area contributed by atoms with Gasteiger partial charge in [0, 0.05) is 10.7 Å². The lowest BCUT2D eigenvalue weighted by Gasteiger charge is -2.06. The summed E-state index contributed by atoms with van der Waals surface area (Å²) in [6.07, 6.45) is 0. The molecule has 0 amide bonds. The SMILES string of the molecule is NC(=S)Nc1ccc(-c2cccc(Cl)c2)cc1. The van der Waals surface area contributed by atoms with Gasteiger partial charge >= 0.3 is 0 Å². The summed E-state index contributed by atoms with van der Waals surface area (Å²) in [5, 5.41) is 3.87. The van der Waals surface area contributed by atoms with Gasteiger partial charge in [-0.25, -0.2) is 0 Å². The highest BCUT2D eigenvalue weighted by atomic mass is 35.5. The normalized spacial score (nSPS) is 9.94. The number of thiocarbonyl (C=S) groups is 1. The minimum atomic E-state index is 0.264. The van der Waals surface area contributed by atoms with Gasteiger partial charge in [-0.3, -0.25) is 0 Å². The van der Waals surface area contributed by atoms with Crippen molar-refractivity contribution in [2.75, 3.05) is 5.32 Å². The van der Waals surface area contributed by atoms with Crippen LogP contribution in [-0.4, -0.2) is 5.11 Å². The fraction of sp³-hybridized carbons (Fsp3) is 0. The fourth-order valence-corrected chi connectivity index (χ4v) is 1.86. The third-order valence-corrected chi connectivity index (χ3v) is 2.65. The summed E-state index contributed by atoms with van der Waals surface area (Å²) in [7, 11) is 0. The van der Waals surface area contributed by atoms with Crippen LogP contribution in [0.15, 0.2) is 48.5 Å². The first-order chi connectivity index (χ1) is 8.15. The highest BCUT2D eigenvalue weighted by molar-refractivity contribution is 7.80. The van der Waals surface area contributed by atoms with Gasteiger partial charge in [-0.05, 0) is 47.6 Å². The maximum absolute atomic E-state index is 5.95. The number of nitrogens with one attached hydrogen (secondary N) is 1. The fourth-order valence-electron chi connectivity index (χ4n) is 1.56. The zero-order valence-corrected chi connectivity index (χ0v) is 10.6. The van der Waals surface area contributed by atoms with E-state index in [2.05, 4.69) is 5.32 Å². The van der Waals surface area contributed by atoms with Gasteiger partial charge in [0.2, 0.25) is 0 Å². The maximum atomic E-state index is 5.95. The highest BCUT2D eigenvalue weighted by Gasteiger charge is 1.99. The Morgan fingerprint density at radius 2 is 1.76 bits per heavy atom. The Kier molecular flexibility index (Phi) is 3.61. The Labute approximate surface area is 110 Å². The first kappa shape index (κ1) is 11.9. The summed E-state index contributed by atoms with van der Waals surface area (Å²) in [6.45, 7) is 0. The van der Waals surface area contributed by atoms with Crippen molar-refractivity contribution in [1.29, 1.82) is 0 Å². The van der Waals surface area contributed by atoms with E-state index >= 15 is 0 Å². The number of rotatable bonds is 2. The minimum Gasteiger partial charge on any atom is -0.376 e. The molecule has 0 unspecified atom stereocenters. The number of halogens is 1. The van der Waals surface area contributed by atoms with Crippen LogP contribution in [-0.2, 0) is 0 Å². The Morgan fingerprint density at radius 3 is 2.35 bits per heavy atom. The Bertz CT molecular complexity index is 537. The number of hydrogen-bond donors (Lipinski definition) is 2. The van der Waals surface area contributed by atoms with Gasteiger partial charge in [0.15, 0.2) is 5.11 Å². The van der Waals surface area contributed by atoms with Crippen LogP contribution in [0.25, 0.3) is 11.1 Å². The van der Waals surface area contributed by atoms with Gasteiger partial charge in [0.1, 0.15) is 0 Å². The molecular weight excluding hydrogens is 252 g/mol. The zero-order chi connectivity index (χ0) is 12.3. The Morgan fingerprint density at radius 1 is 1.06 bits per heavy atom. The van der Waals surface area contributed by atoms with Crippen LogP contribution in [0.2, 0.25) is 5.02 Å². The van der Waals surface area contributed by atoms with Gasteiger partial charge < -0.3 is 11.1 Å². The second-order valence-electron chi connectivity index (χ2n) is 3.58. The van der Waals surface area contributed by atoms with E-state index in [4.69, 9.17) is 29.6 Å². The van der Waals surface area contributed by atoms with E-state index in [1.807, 2.05) is 48.5 Å². The quantitative estimate of drug-likeness (QED) is 0.811. The molecule has 0 aliphatic carbocycles. The molecule has 0 spiro atoms. The number of nitrogens with two attached hydrogens (primary N) is 1. The first-order valence-electron chi connectivity index (χ1n) is 5.07. The van der Waals surface area contributed by atoms with Crippen molar-refractivity contribution in [2.24, 2.45) is 5.73 Å². The molecule has 2 rings (SSSR count). The number of anilines is 1. The molecule has 0 aromatic heterocycles. The van der Waals surface area contributed by atoms with Crippen LogP contribution in [0.1, 0.15) is 0 Å². The summed E-state index contributed by atoms with van der Waals surface area (Å²) in [6, 6.07) is 15.6. The summed E-state index contributed by atoms with van der Waals surface area (Å²) >= 11 is 10.7. The van der Waals surface area contributed by atoms with Crippen LogP contribution >= 0.6 is 23.8 Å². The maximum Gasteiger partial charge on any atom is 0.168 e. The van der Waals surface area contributed by atoms with Gasteiger partial charge in [-0.2, -0.15) is 0 Å². The van der Waals surface area contributed by atoms with E-state index in [-0.39, 0.29) is 5.11 Å². The highest BCUT2D eigenvalue weighted by Crippen LogP contribution is 2.23. The molecular formula is C13H11ClN2S. The van der Waals surface area contributed by atoms with Crippen molar-refractivity contribution in [1.82, 2.24) is 0 Å². The van der Waals surface area contributed by atoms with Crippen molar-refractivity contribution in [3.63, 3.8) is 0 Å². The molecule has 0 heterocycles. The largest absolute Gasteiger partial charge is 0.376 e. The molecule has 0 aliphatic rings. The van der Waals surface area contributed by atoms with Gasteiger partial charge in [0.25, 0.3) is 0 Å². The van der Waals surface area contributed by atoms with E-state index in [1.165, 1.54) is 0 Å². The van der Waals surface area contributed by atoms with E-state index in [9.17, 15) is 0 Å². The van der Waals surface area contributed by atoms with Crippen molar-refractivity contribution < 1.29 is 0 Å². The summed E-state index contributed by atoms with van der Waals surface area (Å²) < 4.78 is 0. The van der Waals surface area contributed by atoms with Gasteiger partial charge in [0.05, 0.1) is 0 Å². The molecule has 2 aromatic carbocycles. The van der Waals surface area contributed by atoms with Gasteiger partial charge in [-0.1, -0.05) is 35.9 Å². The van der Waals surface area contributed by atoms with Crippen molar-refractivity contribution in [3.8, 4) is 11.1 Å². The number of hydrogen-bond acceptors (Lipinski definition) is 1. The monoisotopic (exact) mass is 262 g/mol. The van der Waals surface area contributed by atoms with Crippen molar-refractivity contribution >= 4 is 34.6 Å². The predicted octanol–water partition coefficient (Wildman–Crippen LogP) is 3.66. The third-order valence-electron chi connectivity index (χ3n) is 2.31. The van der Waals surface area contributed by atoms with Crippen molar-refractivity contribution in [2.45, 2.75) is 0 Å². The van der Waals surface area contributed by atoms with Crippen LogP contribution in [0.4, 0.5) is 5.69 Å². The Balaban J connectivity index is 2.26. The average molecular weight is 263 g/mol. The molecule has 4 heteroatoms. The van der Waals surface area contributed by atoms with E-state index < -0.39 is 0 Å². The molecule has 0 radical (unpaired) electrons. The number of benzene rings is 2. The molecule has 0 bridgehead atoms. The lowest BCUT2D eigenvalue weighted by atomic mass is 10.1. The van der Waals surface area contributed by atoms with E-state index in [0.29, 0.717) is 0 Å². The summed E-state index contributed by atoms with van der Waals surface area (Å²) in [5.74, 6) is 0. The third kappa shape index (κ3) is 3.19. The average Bonchev–Trinajstić information content (AvgIpc) is 2.29. The van der Waals surface area contributed by atoms with E-state index in [0.717, 1.165) is 21.8 Å². The molecule has 0 saturated carbocycles. The molecule has 3 N–H and O–H groups in total. The molecule has 86 valence electrons. The summed E-state index contributed by atoms with van der Waals surface area (Å²) in [4.78, 5) is 0. The van der Waals surface area contributed by atoms with Crippen molar-refractivity contribution in [3.05, 3.63) is 53.6 Å². The molecule has 2 nitrogen and oxygen atoms in total. The lowest BCUT2D eigenvalue weighted by molar-refractivity contribution is 1.58. The van der Waals surface area contributed by atoms with Crippen LogP contribution < -0.4 is 11.1 Å². The second-order valence-corrected chi connectivity index (χ2v) is 4.45. The molecule has 2 aromatic rings. The van der Waals surface area contributed by atoms with Gasteiger partial charge in [-0.15, -0.1) is 0 Å². The molecule has 17 heavy (non-hydrogen) atoms. The smallest absolute Gasteiger partial charge is 0.168 e. The molecule has 0 aliphatic heterocycles. The Hall–Kier alpha value is -1.58. The lowest BCUT2D eigenvalue weighted by Crippen LogP contribution is -2.18. The first-order valence-corrected chi connectivity index (χ1v) is 5.86. The molecule has 0 saturated heterocycles. The second kappa shape index (κ2) is 5.17. The standard InChI is InChI=1S/C13H11ClN2S/c14-11-3-1-2-10(8-11)9-4-6-12(7-5-9)16-13(15)17/h1-8H,(H3,15,16,17). The van der Waals surface area contributed by atoms with Crippen LogP contribution in [0, 0.1) is 0 Å². The molecule has 0 atom stereocenters. The topological polar surface area (TPSA) is 38.0 Å². The molecule has 0 fully saturated rings. The minimum absolute atomic E-state index is 0.264. The van der Waals surface area contributed by atoms with Crippen LogP contribution in [0.3, 0.4) is 0 Å². The zero-order valence-electron chi connectivity index (χ0n) is 8.98. The predicted molar refractivity (Wildman–Crippen MR) is 77.3 cm³/mol.